The Labute approximate surface area is 254 Å². The third-order valence-electron chi connectivity index (χ3n) is 11.3. The Bertz CT molecular complexity index is 1060. The normalized spacial score (nSPS) is 31.2. The van der Waals surface area contributed by atoms with Crippen molar-refractivity contribution in [2.75, 3.05) is 13.2 Å². The smallest absolute Gasteiger partial charge is 0.267 e. The van der Waals surface area contributed by atoms with E-state index in [1.807, 2.05) is 0 Å². The summed E-state index contributed by atoms with van der Waals surface area (Å²) >= 11 is 0. The van der Waals surface area contributed by atoms with Crippen molar-refractivity contribution in [1.29, 1.82) is 0 Å². The Morgan fingerprint density at radius 1 is 1.00 bits per heavy atom. The van der Waals surface area contributed by atoms with E-state index in [0.717, 1.165) is 56.3 Å². The fraction of sp³-hybridized carbons (Fsp3) is 0.829. The number of hydrogen-bond donors (Lipinski definition) is 3. The maximum absolute atomic E-state index is 13.8. The van der Waals surface area contributed by atoms with Gasteiger partial charge in [0.15, 0.2) is 0 Å². The predicted octanol–water partition coefficient (Wildman–Crippen LogP) is 6.34. The zero-order chi connectivity index (χ0) is 28.9. The zero-order valence-corrected chi connectivity index (χ0v) is 26.5. The molecular weight excluding hydrogens is 522 g/mol. The van der Waals surface area contributed by atoms with Crippen molar-refractivity contribution < 1.29 is 9.53 Å². The number of rotatable bonds is 10. The van der Waals surface area contributed by atoms with Crippen molar-refractivity contribution in [2.24, 2.45) is 18.9 Å². The molecule has 1 amide bonds. The van der Waals surface area contributed by atoms with Gasteiger partial charge in [0.25, 0.3) is 5.91 Å². The summed E-state index contributed by atoms with van der Waals surface area (Å²) in [5.41, 5.74) is 3.56. The monoisotopic (exact) mass is 579 g/mol. The molecule has 42 heavy (non-hydrogen) atoms. The molecule has 5 aliphatic rings. The average molecular weight is 580 g/mol. The molecule has 1 aromatic heterocycles. The Morgan fingerprint density at radius 2 is 1.76 bits per heavy atom. The maximum Gasteiger partial charge on any atom is 0.267 e. The first-order valence-electron chi connectivity index (χ1n) is 17.8. The fourth-order valence-electron chi connectivity index (χ4n) is 8.98. The number of carbonyl (C=O) groups is 1. The van der Waals surface area contributed by atoms with Crippen LogP contribution in [0.4, 0.5) is 0 Å². The minimum atomic E-state index is -0.0953. The Hall–Kier alpha value is -1.86. The van der Waals surface area contributed by atoms with Crippen LogP contribution in [0, 0.1) is 11.8 Å². The molecule has 4 atom stereocenters. The highest BCUT2D eigenvalue weighted by atomic mass is 16.5. The van der Waals surface area contributed by atoms with Gasteiger partial charge in [0.2, 0.25) is 0 Å². The number of amides is 1. The van der Waals surface area contributed by atoms with E-state index in [1.54, 1.807) is 0 Å². The van der Waals surface area contributed by atoms with Gasteiger partial charge in [-0.05, 0) is 89.5 Å². The number of piperidine rings is 1. The van der Waals surface area contributed by atoms with E-state index in [4.69, 9.17) is 9.72 Å². The SMILES string of the molecule is CCOC1CCC(c2c(CC3CCCCC3)nc([C@H](CC3CCCCN3)NC(=O)C3=CC4CCCCC4N3)n2C)CC1. The fourth-order valence-corrected chi connectivity index (χ4v) is 8.98. The van der Waals surface area contributed by atoms with Crippen molar-refractivity contribution in [3.8, 4) is 0 Å². The van der Waals surface area contributed by atoms with Crippen molar-refractivity contribution in [3.63, 3.8) is 0 Å². The first kappa shape index (κ1) is 30.2. The van der Waals surface area contributed by atoms with Crippen LogP contribution in [0.15, 0.2) is 11.8 Å². The molecule has 1 saturated heterocycles. The lowest BCUT2D eigenvalue weighted by Gasteiger charge is -2.31. The van der Waals surface area contributed by atoms with Gasteiger partial charge in [0.05, 0.1) is 23.5 Å². The number of hydrogen-bond acceptors (Lipinski definition) is 5. The van der Waals surface area contributed by atoms with Gasteiger partial charge in [-0.3, -0.25) is 4.79 Å². The Kier molecular flexibility index (Phi) is 10.3. The number of aromatic nitrogens is 2. The molecule has 3 unspecified atom stereocenters. The lowest BCUT2D eigenvalue weighted by Crippen LogP contribution is -2.42. The van der Waals surface area contributed by atoms with Crippen LogP contribution >= 0.6 is 0 Å². The lowest BCUT2D eigenvalue weighted by atomic mass is 9.81. The second-order valence-electron chi connectivity index (χ2n) is 14.2. The van der Waals surface area contributed by atoms with Gasteiger partial charge in [-0.25, -0.2) is 4.98 Å². The molecule has 3 N–H and O–H groups in total. The maximum atomic E-state index is 13.8. The Morgan fingerprint density at radius 3 is 2.50 bits per heavy atom. The van der Waals surface area contributed by atoms with Crippen LogP contribution in [0.2, 0.25) is 0 Å². The van der Waals surface area contributed by atoms with Crippen LogP contribution in [0.5, 0.6) is 0 Å². The van der Waals surface area contributed by atoms with Crippen LogP contribution in [-0.2, 0) is 23.0 Å². The van der Waals surface area contributed by atoms with Gasteiger partial charge in [-0.1, -0.05) is 57.4 Å². The summed E-state index contributed by atoms with van der Waals surface area (Å²) in [5, 5.41) is 10.9. The summed E-state index contributed by atoms with van der Waals surface area (Å²) in [5.74, 6) is 2.90. The summed E-state index contributed by atoms with van der Waals surface area (Å²) in [6, 6.07) is 0.759. The highest BCUT2D eigenvalue weighted by Crippen LogP contribution is 2.39. The molecule has 0 spiro atoms. The average Bonchev–Trinajstić information content (AvgIpc) is 3.60. The van der Waals surface area contributed by atoms with Crippen molar-refractivity contribution in [1.82, 2.24) is 25.5 Å². The van der Waals surface area contributed by atoms with E-state index in [-0.39, 0.29) is 11.9 Å². The summed E-state index contributed by atoms with van der Waals surface area (Å²) in [4.78, 5) is 19.3. The molecule has 3 heterocycles. The van der Waals surface area contributed by atoms with E-state index in [1.165, 1.54) is 101 Å². The minimum Gasteiger partial charge on any atom is -0.379 e. The minimum absolute atomic E-state index is 0.0563. The summed E-state index contributed by atoms with van der Waals surface area (Å²) in [6.45, 7) is 3.99. The van der Waals surface area contributed by atoms with E-state index in [9.17, 15) is 4.79 Å². The molecule has 0 aromatic carbocycles. The first-order chi connectivity index (χ1) is 20.6. The first-order valence-corrected chi connectivity index (χ1v) is 17.8. The number of imidazole rings is 1. The largest absolute Gasteiger partial charge is 0.379 e. The third kappa shape index (κ3) is 7.09. The molecule has 7 nitrogen and oxygen atoms in total. The van der Waals surface area contributed by atoms with Gasteiger partial charge in [-0.15, -0.1) is 0 Å². The van der Waals surface area contributed by atoms with E-state index in [0.29, 0.717) is 30.0 Å². The third-order valence-corrected chi connectivity index (χ3v) is 11.3. The van der Waals surface area contributed by atoms with Crippen molar-refractivity contribution in [2.45, 2.75) is 153 Å². The number of carbonyl (C=O) groups excluding carboxylic acids is 1. The van der Waals surface area contributed by atoms with Crippen LogP contribution in [0.25, 0.3) is 0 Å². The molecular formula is C35H57N5O2. The molecule has 3 aliphatic carbocycles. The standard InChI is InChI=1S/C35H57N5O2/c1-3-42-28-18-16-25(17-19-28)33-30(21-24-11-5-4-6-12-24)38-34(40(33)2)31(23-27-14-9-10-20-36-27)39-35(41)32-22-26-13-7-8-15-29(26)37-32/h22,24-29,31,36-37H,3-21,23H2,1-2H3,(H,39,41)/t25?,26?,27?,28?,29?,31-/m0/s1. The molecule has 234 valence electrons. The van der Waals surface area contributed by atoms with Gasteiger partial charge in [-0.2, -0.15) is 0 Å². The predicted molar refractivity (Wildman–Crippen MR) is 168 cm³/mol. The number of nitrogens with one attached hydrogen (secondary N) is 3. The Balaban J connectivity index is 1.27. The zero-order valence-electron chi connectivity index (χ0n) is 26.5. The van der Waals surface area contributed by atoms with Gasteiger partial charge >= 0.3 is 0 Å². The van der Waals surface area contributed by atoms with E-state index in [2.05, 4.69) is 40.6 Å². The van der Waals surface area contributed by atoms with E-state index >= 15 is 0 Å². The molecule has 2 aliphatic heterocycles. The quantitative estimate of drug-likeness (QED) is 0.301. The highest BCUT2D eigenvalue weighted by Gasteiger charge is 2.35. The van der Waals surface area contributed by atoms with Gasteiger partial charge in [0.1, 0.15) is 5.82 Å². The number of nitrogens with zero attached hydrogens (tertiary/aromatic N) is 2. The van der Waals surface area contributed by atoms with Crippen LogP contribution in [0.1, 0.15) is 145 Å². The van der Waals surface area contributed by atoms with E-state index < -0.39 is 0 Å². The summed E-state index contributed by atoms with van der Waals surface area (Å²) < 4.78 is 8.44. The highest BCUT2D eigenvalue weighted by molar-refractivity contribution is 5.93. The molecule has 7 heteroatoms. The van der Waals surface area contributed by atoms with Gasteiger partial charge < -0.3 is 25.3 Å². The number of ether oxygens (including phenoxy) is 1. The number of fused-ring (bicyclic) bond motifs is 1. The second kappa shape index (κ2) is 14.3. The van der Waals surface area contributed by atoms with Crippen LogP contribution in [0.3, 0.4) is 0 Å². The molecule has 0 radical (unpaired) electrons. The van der Waals surface area contributed by atoms with Gasteiger partial charge in [0, 0.05) is 37.4 Å². The molecule has 3 saturated carbocycles. The van der Waals surface area contributed by atoms with Crippen molar-refractivity contribution in [3.05, 3.63) is 29.0 Å². The lowest BCUT2D eigenvalue weighted by molar-refractivity contribution is -0.118. The molecule has 6 rings (SSSR count). The molecule has 0 bridgehead atoms. The summed E-state index contributed by atoms with van der Waals surface area (Å²) in [7, 11) is 2.24. The van der Waals surface area contributed by atoms with Crippen LogP contribution in [-0.4, -0.2) is 46.8 Å². The molecule has 4 fully saturated rings. The van der Waals surface area contributed by atoms with Crippen LogP contribution < -0.4 is 16.0 Å². The summed E-state index contributed by atoms with van der Waals surface area (Å²) in [6.07, 6.45) is 24.6. The second-order valence-corrected chi connectivity index (χ2v) is 14.2. The van der Waals surface area contributed by atoms with Crippen molar-refractivity contribution >= 4 is 5.91 Å². The molecule has 1 aromatic rings. The topological polar surface area (TPSA) is 80.2 Å².